The molecule has 88 valence electrons. The largest absolute Gasteiger partial charge is 0.394 e. The Morgan fingerprint density at radius 1 is 1.25 bits per heavy atom. The van der Waals surface area contributed by atoms with Crippen molar-refractivity contribution in [2.24, 2.45) is 0 Å². The van der Waals surface area contributed by atoms with Crippen molar-refractivity contribution in [1.29, 1.82) is 0 Å². The van der Waals surface area contributed by atoms with Gasteiger partial charge in [-0.1, -0.05) is 50.3 Å². The monoisotopic (exact) mass is 236 g/mol. The Morgan fingerprint density at radius 2 is 1.88 bits per heavy atom. The molecule has 0 radical (unpaired) electrons. The molecular formula is C13H20O2Si. The molecule has 0 aliphatic heterocycles. The van der Waals surface area contributed by atoms with Crippen LogP contribution < -0.4 is 5.19 Å². The first-order chi connectivity index (χ1) is 7.74. The summed E-state index contributed by atoms with van der Waals surface area (Å²) in [7, 11) is 1.23. The molecule has 1 rings (SSSR count). The van der Waals surface area contributed by atoms with Crippen molar-refractivity contribution in [3.05, 3.63) is 36.4 Å². The Morgan fingerprint density at radius 3 is 2.38 bits per heavy atom. The molecule has 1 aromatic rings. The summed E-state index contributed by atoms with van der Waals surface area (Å²) in [6, 6.07) is 9.14. The maximum absolute atomic E-state index is 5.72. The first-order valence-corrected chi connectivity index (χ1v) is 7.58. The van der Waals surface area contributed by atoms with Gasteiger partial charge in [-0.15, -0.1) is 0 Å². The van der Waals surface area contributed by atoms with Gasteiger partial charge in [0.2, 0.25) is 0 Å². The van der Waals surface area contributed by atoms with Crippen LogP contribution in [0.4, 0.5) is 0 Å². The lowest BCUT2D eigenvalue weighted by Gasteiger charge is -2.28. The lowest BCUT2D eigenvalue weighted by Crippen LogP contribution is -2.53. The summed E-state index contributed by atoms with van der Waals surface area (Å²) in [5.74, 6) is 0. The van der Waals surface area contributed by atoms with E-state index in [4.69, 9.17) is 8.85 Å². The molecule has 0 amide bonds. The summed E-state index contributed by atoms with van der Waals surface area (Å²) in [6.07, 6.45) is 2.92. The molecule has 0 saturated carbocycles. The molecule has 0 aliphatic carbocycles. The molecule has 0 fully saturated rings. The molecule has 0 aromatic heterocycles. The molecule has 0 unspecified atom stereocenters. The molecule has 16 heavy (non-hydrogen) atoms. The molecule has 2 nitrogen and oxygen atoms in total. The number of hydrogen-bond donors (Lipinski definition) is 0. The molecule has 0 saturated heterocycles. The zero-order chi connectivity index (χ0) is 12.0. The first kappa shape index (κ1) is 13.2. The van der Waals surface area contributed by atoms with Crippen LogP contribution in [0.5, 0.6) is 0 Å². The average Bonchev–Trinajstić information content (AvgIpc) is 2.36. The number of benzene rings is 1. The molecule has 0 heterocycles. The molecule has 0 N–H and O–H groups in total. The van der Waals surface area contributed by atoms with Gasteiger partial charge in [-0.05, 0) is 11.6 Å². The van der Waals surface area contributed by atoms with Gasteiger partial charge in [0, 0.05) is 19.4 Å². The lowest BCUT2D eigenvalue weighted by molar-refractivity contribution is 0.257. The molecule has 1 aromatic carbocycles. The van der Waals surface area contributed by atoms with Gasteiger partial charge in [0.05, 0.1) is 0 Å². The molecule has 3 heteroatoms. The molecule has 0 spiro atoms. The summed E-state index contributed by atoms with van der Waals surface area (Å²) in [5.41, 5.74) is 1.12. The fraction of sp³-hybridized carbons (Fsp3) is 0.385. The summed E-state index contributed by atoms with van der Waals surface area (Å²) in [4.78, 5) is 0. The van der Waals surface area contributed by atoms with Gasteiger partial charge in [0.15, 0.2) is 0 Å². The van der Waals surface area contributed by atoms with Crippen molar-refractivity contribution in [3.8, 4) is 0 Å². The second kappa shape index (κ2) is 5.99. The van der Waals surface area contributed by atoms with E-state index in [1.54, 1.807) is 14.2 Å². The Balaban J connectivity index is 3.24. The third-order valence-corrected chi connectivity index (χ3v) is 6.58. The molecule has 0 aliphatic rings. The van der Waals surface area contributed by atoms with E-state index in [0.29, 0.717) is 0 Å². The minimum Gasteiger partial charge on any atom is -0.394 e. The molecular weight excluding hydrogens is 216 g/mol. The van der Waals surface area contributed by atoms with E-state index in [1.807, 2.05) is 18.2 Å². The Hall–Kier alpha value is -0.903. The summed E-state index contributed by atoms with van der Waals surface area (Å²) in [5, 5.41) is 1.18. The van der Waals surface area contributed by atoms with Gasteiger partial charge in [-0.3, -0.25) is 0 Å². The molecule has 0 bridgehead atoms. The maximum atomic E-state index is 5.72. The second-order valence-electron chi connectivity index (χ2n) is 3.70. The SMILES string of the molecule is C=Cc1ccccc1[Si](CCC)(OC)OC. The van der Waals surface area contributed by atoms with Crippen LogP contribution in [-0.2, 0) is 8.85 Å². The van der Waals surface area contributed by atoms with Gasteiger partial charge in [0.25, 0.3) is 0 Å². The van der Waals surface area contributed by atoms with Crippen molar-refractivity contribution in [2.75, 3.05) is 14.2 Å². The quantitative estimate of drug-likeness (QED) is 0.707. The second-order valence-corrected chi connectivity index (χ2v) is 7.06. The standard InChI is InChI=1S/C13H20O2Si/c1-5-11-16(14-3,15-4)13-10-8-7-9-12(13)6-2/h6-10H,2,5,11H2,1,3-4H3. The minimum absolute atomic E-state index is 0.963. The lowest BCUT2D eigenvalue weighted by atomic mass is 10.2. The highest BCUT2D eigenvalue weighted by atomic mass is 28.4. The van der Waals surface area contributed by atoms with E-state index >= 15 is 0 Å². The van der Waals surface area contributed by atoms with Gasteiger partial charge >= 0.3 is 8.56 Å². The third kappa shape index (κ3) is 2.43. The maximum Gasteiger partial charge on any atom is 0.372 e. The first-order valence-electron chi connectivity index (χ1n) is 5.56. The number of rotatable bonds is 6. The van der Waals surface area contributed by atoms with Gasteiger partial charge < -0.3 is 8.85 Å². The summed E-state index contributed by atoms with van der Waals surface area (Å²) in [6.45, 7) is 5.99. The smallest absolute Gasteiger partial charge is 0.372 e. The zero-order valence-electron chi connectivity index (χ0n) is 10.3. The Kier molecular flexibility index (Phi) is 4.93. The van der Waals surface area contributed by atoms with Crippen molar-refractivity contribution in [1.82, 2.24) is 0 Å². The van der Waals surface area contributed by atoms with E-state index in [0.717, 1.165) is 18.0 Å². The van der Waals surface area contributed by atoms with E-state index < -0.39 is 8.56 Å². The van der Waals surface area contributed by atoms with E-state index in [2.05, 4.69) is 25.6 Å². The van der Waals surface area contributed by atoms with Crippen LogP contribution >= 0.6 is 0 Å². The van der Waals surface area contributed by atoms with Crippen LogP contribution in [0.3, 0.4) is 0 Å². The van der Waals surface area contributed by atoms with Crippen LogP contribution in [0.25, 0.3) is 6.08 Å². The third-order valence-electron chi connectivity index (χ3n) is 2.83. The van der Waals surface area contributed by atoms with Crippen molar-refractivity contribution in [3.63, 3.8) is 0 Å². The van der Waals surface area contributed by atoms with E-state index in [-0.39, 0.29) is 0 Å². The fourth-order valence-corrected chi connectivity index (χ4v) is 4.91. The topological polar surface area (TPSA) is 18.5 Å². The van der Waals surface area contributed by atoms with Crippen LogP contribution in [0, 0.1) is 0 Å². The van der Waals surface area contributed by atoms with Crippen LogP contribution in [-0.4, -0.2) is 22.8 Å². The van der Waals surface area contributed by atoms with Crippen molar-refractivity contribution in [2.45, 2.75) is 19.4 Å². The Bertz CT molecular complexity index is 346. The fourth-order valence-electron chi connectivity index (χ4n) is 1.99. The van der Waals surface area contributed by atoms with Crippen molar-refractivity contribution >= 4 is 19.8 Å². The highest BCUT2D eigenvalue weighted by Gasteiger charge is 2.38. The summed E-state index contributed by atoms with van der Waals surface area (Å²) >= 11 is 0. The van der Waals surface area contributed by atoms with Gasteiger partial charge in [-0.25, -0.2) is 0 Å². The van der Waals surface area contributed by atoms with Crippen LogP contribution in [0.2, 0.25) is 6.04 Å². The number of hydrogen-bond acceptors (Lipinski definition) is 2. The summed E-state index contributed by atoms with van der Waals surface area (Å²) < 4.78 is 11.4. The zero-order valence-corrected chi connectivity index (χ0v) is 11.3. The predicted octanol–water partition coefficient (Wildman–Crippen LogP) is 2.68. The van der Waals surface area contributed by atoms with Crippen molar-refractivity contribution < 1.29 is 8.85 Å². The normalized spacial score (nSPS) is 11.4. The van der Waals surface area contributed by atoms with E-state index in [1.165, 1.54) is 5.19 Å². The Labute approximate surface area is 99.2 Å². The minimum atomic E-state index is -2.26. The molecule has 0 atom stereocenters. The highest BCUT2D eigenvalue weighted by molar-refractivity contribution is 6.81. The van der Waals surface area contributed by atoms with Crippen LogP contribution in [0.1, 0.15) is 18.9 Å². The van der Waals surface area contributed by atoms with Gasteiger partial charge in [0.1, 0.15) is 0 Å². The van der Waals surface area contributed by atoms with Crippen LogP contribution in [0.15, 0.2) is 30.8 Å². The highest BCUT2D eigenvalue weighted by Crippen LogP contribution is 2.17. The van der Waals surface area contributed by atoms with E-state index in [9.17, 15) is 0 Å². The predicted molar refractivity (Wildman–Crippen MR) is 71.0 cm³/mol. The average molecular weight is 236 g/mol. The van der Waals surface area contributed by atoms with Gasteiger partial charge in [-0.2, -0.15) is 0 Å².